The lowest BCUT2D eigenvalue weighted by atomic mass is 9.79. The van der Waals surface area contributed by atoms with Crippen molar-refractivity contribution in [3.63, 3.8) is 0 Å². The van der Waals surface area contributed by atoms with Gasteiger partial charge in [-0.25, -0.2) is 4.98 Å². The first-order chi connectivity index (χ1) is 13.1. The molecule has 1 fully saturated rings. The Kier molecular flexibility index (Phi) is 4.99. The van der Waals surface area contributed by atoms with E-state index in [4.69, 9.17) is 4.42 Å². The second kappa shape index (κ2) is 7.56. The molecule has 2 heterocycles. The van der Waals surface area contributed by atoms with Crippen molar-refractivity contribution in [3.8, 4) is 11.3 Å². The van der Waals surface area contributed by atoms with Gasteiger partial charge in [-0.05, 0) is 55.9 Å². The SMILES string of the molecule is Cc1ncc(-c2ccc3nnc(CC(=O)C4CCC(CO)CC4)cc3c2)o1. The van der Waals surface area contributed by atoms with E-state index in [0.717, 1.165) is 42.1 Å². The van der Waals surface area contributed by atoms with Crippen LogP contribution in [0, 0.1) is 18.8 Å². The summed E-state index contributed by atoms with van der Waals surface area (Å²) in [6.45, 7) is 2.04. The van der Waals surface area contributed by atoms with Crippen LogP contribution >= 0.6 is 0 Å². The average molecular weight is 365 g/mol. The maximum absolute atomic E-state index is 12.6. The summed E-state index contributed by atoms with van der Waals surface area (Å²) in [4.78, 5) is 16.8. The normalized spacial score (nSPS) is 20.1. The van der Waals surface area contributed by atoms with Crippen LogP contribution in [-0.4, -0.2) is 32.7 Å². The Morgan fingerprint density at radius 3 is 2.70 bits per heavy atom. The molecule has 0 radical (unpaired) electrons. The molecule has 0 amide bonds. The van der Waals surface area contributed by atoms with E-state index in [-0.39, 0.29) is 18.3 Å². The van der Waals surface area contributed by atoms with Gasteiger partial charge in [0.15, 0.2) is 11.7 Å². The number of aryl methyl sites for hydroxylation is 1. The van der Waals surface area contributed by atoms with E-state index in [1.807, 2.05) is 31.2 Å². The molecule has 1 aromatic carbocycles. The van der Waals surface area contributed by atoms with E-state index >= 15 is 0 Å². The summed E-state index contributed by atoms with van der Waals surface area (Å²) in [6, 6.07) is 7.76. The number of carbonyl (C=O) groups is 1. The van der Waals surface area contributed by atoms with E-state index in [1.165, 1.54) is 0 Å². The molecule has 6 nitrogen and oxygen atoms in total. The lowest BCUT2D eigenvalue weighted by Gasteiger charge is -2.26. The van der Waals surface area contributed by atoms with Gasteiger partial charge in [-0.15, -0.1) is 0 Å². The summed E-state index contributed by atoms with van der Waals surface area (Å²) in [5.74, 6) is 1.99. The minimum absolute atomic E-state index is 0.0776. The first kappa shape index (κ1) is 17.8. The molecular weight excluding hydrogens is 342 g/mol. The smallest absolute Gasteiger partial charge is 0.191 e. The highest BCUT2D eigenvalue weighted by Crippen LogP contribution is 2.30. The predicted molar refractivity (Wildman–Crippen MR) is 101 cm³/mol. The molecule has 0 aliphatic heterocycles. The Bertz CT molecular complexity index is 958. The fourth-order valence-electron chi connectivity index (χ4n) is 3.81. The van der Waals surface area contributed by atoms with Crippen LogP contribution in [0.3, 0.4) is 0 Å². The third kappa shape index (κ3) is 3.90. The molecule has 27 heavy (non-hydrogen) atoms. The van der Waals surface area contributed by atoms with Crippen molar-refractivity contribution in [2.45, 2.75) is 39.0 Å². The van der Waals surface area contributed by atoms with Crippen molar-refractivity contribution in [2.75, 3.05) is 6.61 Å². The highest BCUT2D eigenvalue weighted by molar-refractivity contribution is 5.86. The van der Waals surface area contributed by atoms with Gasteiger partial charge >= 0.3 is 0 Å². The third-order valence-electron chi connectivity index (χ3n) is 5.46. The number of ketones is 1. The number of hydrogen-bond acceptors (Lipinski definition) is 6. The van der Waals surface area contributed by atoms with Crippen LogP contribution in [0.5, 0.6) is 0 Å². The zero-order valence-corrected chi connectivity index (χ0v) is 15.4. The van der Waals surface area contributed by atoms with E-state index in [1.54, 1.807) is 6.20 Å². The minimum atomic E-state index is 0.0776. The van der Waals surface area contributed by atoms with Crippen LogP contribution in [0.25, 0.3) is 22.2 Å². The van der Waals surface area contributed by atoms with Crippen LogP contribution in [0.1, 0.15) is 37.3 Å². The van der Waals surface area contributed by atoms with E-state index in [2.05, 4.69) is 15.2 Å². The van der Waals surface area contributed by atoms with E-state index in [0.29, 0.717) is 29.7 Å². The number of nitrogens with zero attached hydrogens (tertiary/aromatic N) is 3. The molecule has 1 N–H and O–H groups in total. The van der Waals surface area contributed by atoms with Gasteiger partial charge in [0.25, 0.3) is 0 Å². The maximum atomic E-state index is 12.6. The largest absolute Gasteiger partial charge is 0.441 e. The number of rotatable bonds is 5. The Balaban J connectivity index is 1.51. The molecule has 0 bridgehead atoms. The van der Waals surface area contributed by atoms with Crippen LogP contribution in [0.4, 0.5) is 0 Å². The summed E-state index contributed by atoms with van der Waals surface area (Å²) in [6.07, 6.45) is 5.59. The number of hydrogen-bond donors (Lipinski definition) is 1. The molecular formula is C21H23N3O3. The molecule has 0 atom stereocenters. The van der Waals surface area contributed by atoms with Gasteiger partial charge in [-0.3, -0.25) is 4.79 Å². The lowest BCUT2D eigenvalue weighted by Crippen LogP contribution is -2.24. The van der Waals surface area contributed by atoms with Crippen LogP contribution < -0.4 is 0 Å². The third-order valence-corrected chi connectivity index (χ3v) is 5.46. The van der Waals surface area contributed by atoms with Crippen LogP contribution in [-0.2, 0) is 11.2 Å². The molecule has 1 aliphatic carbocycles. The van der Waals surface area contributed by atoms with Crippen LogP contribution in [0.15, 0.2) is 34.9 Å². The topological polar surface area (TPSA) is 89.1 Å². The zero-order chi connectivity index (χ0) is 18.8. The van der Waals surface area contributed by atoms with Gasteiger partial charge < -0.3 is 9.52 Å². The van der Waals surface area contributed by atoms with Gasteiger partial charge in [0.1, 0.15) is 5.78 Å². The highest BCUT2D eigenvalue weighted by Gasteiger charge is 2.26. The van der Waals surface area contributed by atoms with Crippen molar-refractivity contribution in [3.05, 3.63) is 42.0 Å². The number of fused-ring (bicyclic) bond motifs is 1. The van der Waals surface area contributed by atoms with Crippen molar-refractivity contribution in [1.82, 2.24) is 15.2 Å². The molecule has 140 valence electrons. The summed E-state index contributed by atoms with van der Waals surface area (Å²) < 4.78 is 5.59. The molecule has 3 aromatic rings. The minimum Gasteiger partial charge on any atom is -0.441 e. The first-order valence-electron chi connectivity index (χ1n) is 9.45. The Morgan fingerprint density at radius 1 is 1.19 bits per heavy atom. The molecule has 1 aliphatic rings. The molecule has 6 heteroatoms. The summed E-state index contributed by atoms with van der Waals surface area (Å²) >= 11 is 0. The van der Waals surface area contributed by atoms with Gasteiger partial charge in [0.2, 0.25) is 0 Å². The standard InChI is InChI=1S/C21H23N3O3/c1-13-22-11-21(27-13)16-6-7-19-17(8-16)9-18(23-24-19)10-20(26)15-4-2-14(12-25)3-5-15/h6-9,11,14-15,25H,2-5,10,12H2,1H3. The van der Waals surface area contributed by atoms with Gasteiger partial charge in [-0.1, -0.05) is 0 Å². The highest BCUT2D eigenvalue weighted by atomic mass is 16.4. The number of carbonyl (C=O) groups excluding carboxylic acids is 1. The van der Waals surface area contributed by atoms with Gasteiger partial charge in [0, 0.05) is 30.4 Å². The van der Waals surface area contributed by atoms with Crippen LogP contribution in [0.2, 0.25) is 0 Å². The molecule has 2 aromatic heterocycles. The summed E-state index contributed by atoms with van der Waals surface area (Å²) in [5.41, 5.74) is 2.41. The molecule has 1 saturated carbocycles. The number of aliphatic hydroxyl groups is 1. The van der Waals surface area contributed by atoms with Crippen molar-refractivity contribution < 1.29 is 14.3 Å². The fourth-order valence-corrected chi connectivity index (χ4v) is 3.81. The number of benzene rings is 1. The zero-order valence-electron chi connectivity index (χ0n) is 15.4. The molecule has 0 spiro atoms. The Labute approximate surface area is 157 Å². The first-order valence-corrected chi connectivity index (χ1v) is 9.45. The molecule has 0 unspecified atom stereocenters. The van der Waals surface area contributed by atoms with Crippen molar-refractivity contribution >= 4 is 16.7 Å². The van der Waals surface area contributed by atoms with E-state index in [9.17, 15) is 9.90 Å². The number of Topliss-reactive ketones (excluding diaryl/α,β-unsaturated/α-hetero) is 1. The summed E-state index contributed by atoms with van der Waals surface area (Å²) in [5, 5.41) is 18.7. The lowest BCUT2D eigenvalue weighted by molar-refractivity contribution is -0.123. The fraction of sp³-hybridized carbons (Fsp3) is 0.429. The Morgan fingerprint density at radius 2 is 2.00 bits per heavy atom. The van der Waals surface area contributed by atoms with Gasteiger partial charge in [0.05, 0.1) is 23.8 Å². The van der Waals surface area contributed by atoms with Crippen molar-refractivity contribution in [2.24, 2.45) is 11.8 Å². The van der Waals surface area contributed by atoms with Crippen molar-refractivity contribution in [1.29, 1.82) is 0 Å². The molecule has 0 saturated heterocycles. The maximum Gasteiger partial charge on any atom is 0.191 e. The Hall–Kier alpha value is -2.60. The monoisotopic (exact) mass is 365 g/mol. The number of oxazole rings is 1. The number of aromatic nitrogens is 3. The summed E-state index contributed by atoms with van der Waals surface area (Å²) in [7, 11) is 0. The second-order valence-corrected chi connectivity index (χ2v) is 7.40. The van der Waals surface area contributed by atoms with Gasteiger partial charge in [-0.2, -0.15) is 10.2 Å². The second-order valence-electron chi connectivity index (χ2n) is 7.40. The quantitative estimate of drug-likeness (QED) is 0.744. The molecule has 4 rings (SSSR count). The number of aliphatic hydroxyl groups excluding tert-OH is 1. The average Bonchev–Trinajstić information content (AvgIpc) is 3.14. The predicted octanol–water partition coefficient (Wildman–Crippen LogP) is 3.50. The van der Waals surface area contributed by atoms with E-state index < -0.39 is 0 Å².